The molecule has 0 spiro atoms. The third-order valence-corrected chi connectivity index (χ3v) is 14.8. The van der Waals surface area contributed by atoms with Gasteiger partial charge in [-0.05, 0) is 96.9 Å². The molecule has 1 N–H and O–H groups in total. The maximum Gasteiger partial charge on any atom is 0.164 e. The van der Waals surface area contributed by atoms with Crippen LogP contribution in [0.5, 0.6) is 0 Å². The molecule has 0 aliphatic carbocycles. The van der Waals surface area contributed by atoms with Gasteiger partial charge in [-0.25, -0.2) is 0 Å². The van der Waals surface area contributed by atoms with Crippen molar-refractivity contribution >= 4 is 59.4 Å². The van der Waals surface area contributed by atoms with E-state index < -0.39 is 0 Å². The van der Waals surface area contributed by atoms with Gasteiger partial charge in [0.25, 0.3) is 0 Å². The van der Waals surface area contributed by atoms with Gasteiger partial charge in [-0.3, -0.25) is 9.78 Å². The van der Waals surface area contributed by atoms with E-state index in [4.69, 9.17) is 4.98 Å². The minimum absolute atomic E-state index is 0. The van der Waals surface area contributed by atoms with Crippen LogP contribution < -0.4 is 0 Å². The van der Waals surface area contributed by atoms with E-state index in [1.165, 1.54) is 63.6 Å². The number of fused-ring (bicyclic) bond motifs is 3. The first-order valence-electron chi connectivity index (χ1n) is 20.2. The number of hydrogen-bond donors (Lipinski definition) is 1. The quantitative estimate of drug-likeness (QED) is 0.0800. The minimum atomic E-state index is -0.337. The van der Waals surface area contributed by atoms with Gasteiger partial charge in [0, 0.05) is 68.1 Å². The Balaban J connectivity index is 0.000000330. The summed E-state index contributed by atoms with van der Waals surface area (Å²) in [6.45, 7) is 28.1. The van der Waals surface area contributed by atoms with Crippen LogP contribution in [0.4, 0.5) is 0 Å². The van der Waals surface area contributed by atoms with Crippen molar-refractivity contribution in [3.8, 4) is 21.7 Å². The van der Waals surface area contributed by atoms with Gasteiger partial charge in [0.1, 0.15) is 5.76 Å². The zero-order valence-electron chi connectivity index (χ0n) is 35.9. The third kappa shape index (κ3) is 9.25. The molecule has 301 valence electrons. The Bertz CT molecular complexity index is 2340. The van der Waals surface area contributed by atoms with Crippen LogP contribution in [0.15, 0.2) is 72.6 Å². The van der Waals surface area contributed by atoms with Crippen molar-refractivity contribution in [2.75, 3.05) is 0 Å². The van der Waals surface area contributed by atoms with Crippen LogP contribution in [-0.4, -0.2) is 15.9 Å². The molecule has 0 saturated heterocycles. The van der Waals surface area contributed by atoms with Crippen molar-refractivity contribution in [1.29, 1.82) is 0 Å². The van der Waals surface area contributed by atoms with E-state index in [9.17, 15) is 9.90 Å². The fourth-order valence-electron chi connectivity index (χ4n) is 7.32. The zero-order valence-corrected chi connectivity index (χ0v) is 39.9. The SMILES string of the molecule is CCC(C)(CC)C(=O)/C=C(\O)C(C)(CC)CC.Cc1c(CC(C)C)sc2cc(-c3sc4ccnc(-c5[c-]c6ccccc6c(C(C)(C)C)c5)c4c3C)ccc12.[Ir]. The first kappa shape index (κ1) is 45.6. The van der Waals surface area contributed by atoms with Gasteiger partial charge in [-0.1, -0.05) is 117 Å². The summed E-state index contributed by atoms with van der Waals surface area (Å²) >= 11 is 3.85. The fraction of sp³-hybridized carbons (Fsp3) is 0.440. The molecule has 0 aliphatic rings. The summed E-state index contributed by atoms with van der Waals surface area (Å²) in [6, 6.07) is 23.9. The number of allylic oxidation sites excluding steroid dienone is 2. The van der Waals surface area contributed by atoms with E-state index in [0.717, 1.165) is 48.7 Å². The number of rotatable bonds is 11. The number of nitrogens with zero attached hydrogens (tertiary/aromatic N) is 1. The Hall–Kier alpha value is -3.15. The Morgan fingerprint density at radius 1 is 0.821 bits per heavy atom. The number of aryl methyl sites for hydroxylation is 2. The second kappa shape index (κ2) is 18.2. The van der Waals surface area contributed by atoms with Gasteiger partial charge in [0.15, 0.2) is 5.78 Å². The second-order valence-corrected chi connectivity index (χ2v) is 19.6. The molecule has 6 aromatic rings. The molecule has 3 nitrogen and oxygen atoms in total. The van der Waals surface area contributed by atoms with Crippen LogP contribution in [0.1, 0.15) is 123 Å². The average molecular weight is 965 g/mol. The van der Waals surface area contributed by atoms with E-state index in [2.05, 4.69) is 109 Å². The van der Waals surface area contributed by atoms with Crippen LogP contribution in [0.3, 0.4) is 0 Å². The molecule has 0 fully saturated rings. The number of aliphatic hydroxyl groups is 1. The normalized spacial score (nSPS) is 12.6. The van der Waals surface area contributed by atoms with Crippen LogP contribution in [0, 0.1) is 36.7 Å². The zero-order chi connectivity index (χ0) is 40.5. The molecule has 6 heteroatoms. The fourth-order valence-corrected chi connectivity index (χ4v) is 9.98. The van der Waals surface area contributed by atoms with E-state index in [1.54, 1.807) is 0 Å². The number of pyridine rings is 1. The summed E-state index contributed by atoms with van der Waals surface area (Å²) in [6.07, 6.45) is 7.86. The minimum Gasteiger partial charge on any atom is -0.512 e. The molecule has 0 unspecified atom stereocenters. The van der Waals surface area contributed by atoms with Gasteiger partial charge in [0.05, 0.1) is 0 Å². The molecule has 56 heavy (non-hydrogen) atoms. The summed E-state index contributed by atoms with van der Waals surface area (Å²) in [5.41, 5.74) is 6.93. The molecule has 3 aromatic carbocycles. The second-order valence-electron chi connectivity index (χ2n) is 17.4. The summed E-state index contributed by atoms with van der Waals surface area (Å²) < 4.78 is 2.67. The van der Waals surface area contributed by atoms with E-state index >= 15 is 0 Å². The van der Waals surface area contributed by atoms with Gasteiger partial charge in [-0.15, -0.1) is 51.8 Å². The van der Waals surface area contributed by atoms with Gasteiger partial charge in [0.2, 0.25) is 0 Å². The van der Waals surface area contributed by atoms with Crippen molar-refractivity contribution in [2.24, 2.45) is 16.7 Å². The Morgan fingerprint density at radius 3 is 2.07 bits per heavy atom. The van der Waals surface area contributed by atoms with Gasteiger partial charge >= 0.3 is 0 Å². The Kier molecular flexibility index (Phi) is 14.8. The number of carbonyl (C=O) groups excluding carboxylic acids is 1. The van der Waals surface area contributed by atoms with Crippen LogP contribution in [-0.2, 0) is 36.7 Å². The topological polar surface area (TPSA) is 50.2 Å². The number of hydrogen-bond acceptors (Lipinski definition) is 5. The standard InChI is InChI=1S/C35H34NS2.C15H28O2.Ir/c1-20(2)16-30-21(3)26-13-12-24(19-31(26)37-30)34-22(4)32-29(38-34)14-15-36-33(32)25-17-23-10-8-9-11-27(23)28(18-25)35(5,6)7;1-7-14(5,8-2)12(16)11-13(17)15(6,9-3)10-4;/h8-15,18-20H,16H2,1-7H3;11,16H,7-10H2,1-6H3;/q-1;;/b;12-11-;. The number of aromatic nitrogens is 1. The van der Waals surface area contributed by atoms with Crippen molar-refractivity contribution in [2.45, 2.75) is 128 Å². The van der Waals surface area contributed by atoms with Crippen LogP contribution in [0.2, 0.25) is 0 Å². The maximum absolute atomic E-state index is 12.2. The predicted octanol–water partition coefficient (Wildman–Crippen LogP) is 15.6. The molecule has 3 aromatic heterocycles. The largest absolute Gasteiger partial charge is 0.512 e. The smallest absolute Gasteiger partial charge is 0.164 e. The Labute approximate surface area is 358 Å². The molecule has 0 atom stereocenters. The number of ketones is 1. The maximum atomic E-state index is 12.2. The first-order chi connectivity index (χ1) is 25.9. The first-order valence-corrected chi connectivity index (χ1v) is 21.9. The molecule has 6 rings (SSSR count). The van der Waals surface area contributed by atoms with E-state index in [1.807, 2.05) is 70.4 Å². The predicted molar refractivity (Wildman–Crippen MR) is 242 cm³/mol. The number of thiophene rings is 2. The van der Waals surface area contributed by atoms with Gasteiger partial charge < -0.3 is 5.11 Å². The van der Waals surface area contributed by atoms with E-state index in [0.29, 0.717) is 5.92 Å². The molecular formula is C50H62IrNO2S2-. The monoisotopic (exact) mass is 965 g/mol. The average Bonchev–Trinajstić information content (AvgIpc) is 3.67. The molecule has 0 aliphatic heterocycles. The van der Waals surface area contributed by atoms with Crippen molar-refractivity contribution in [3.05, 3.63) is 100 Å². The number of aliphatic hydroxyl groups excluding tert-OH is 1. The van der Waals surface area contributed by atoms with Crippen molar-refractivity contribution in [3.63, 3.8) is 0 Å². The number of carbonyl (C=O) groups is 1. The molecular weight excluding hydrogens is 903 g/mol. The van der Waals surface area contributed by atoms with Crippen molar-refractivity contribution < 1.29 is 30.0 Å². The summed E-state index contributed by atoms with van der Waals surface area (Å²) in [4.78, 5) is 20.0. The van der Waals surface area contributed by atoms with Crippen LogP contribution >= 0.6 is 22.7 Å². The van der Waals surface area contributed by atoms with Crippen LogP contribution in [0.25, 0.3) is 52.6 Å². The van der Waals surface area contributed by atoms with Gasteiger partial charge in [-0.2, -0.15) is 0 Å². The van der Waals surface area contributed by atoms with E-state index in [-0.39, 0.29) is 47.9 Å². The molecule has 0 saturated carbocycles. The third-order valence-electron chi connectivity index (χ3n) is 12.2. The molecule has 0 amide bonds. The molecule has 3 heterocycles. The summed E-state index contributed by atoms with van der Waals surface area (Å²) in [5, 5.41) is 15.2. The summed E-state index contributed by atoms with van der Waals surface area (Å²) in [7, 11) is 0. The molecule has 1 radical (unpaired) electrons. The Morgan fingerprint density at radius 2 is 1.46 bits per heavy atom. The molecule has 0 bridgehead atoms. The number of benzene rings is 3. The van der Waals surface area contributed by atoms with Crippen molar-refractivity contribution in [1.82, 2.24) is 4.98 Å². The summed E-state index contributed by atoms with van der Waals surface area (Å²) in [5.74, 6) is 0.955.